The quantitative estimate of drug-likeness (QED) is 0.286. The highest BCUT2D eigenvalue weighted by Gasteiger charge is 2.37. The molecule has 0 saturated carbocycles. The van der Waals surface area contributed by atoms with E-state index < -0.39 is 76.6 Å². The van der Waals surface area contributed by atoms with E-state index in [1.54, 1.807) is 61.1 Å². The number of ether oxygens (including phenoxy) is 1. The zero-order valence-corrected chi connectivity index (χ0v) is 23.7. The number of hydrogen-bond donors (Lipinski definition) is 1. The zero-order chi connectivity index (χ0) is 31.4. The van der Waals surface area contributed by atoms with Gasteiger partial charge in [0.2, 0.25) is 11.9 Å². The number of aldehydes is 1. The largest absolute Gasteiger partial charge is 0.483 e. The zero-order valence-electron chi connectivity index (χ0n) is 23.7. The Morgan fingerprint density at radius 2 is 1.77 bits per heavy atom. The SMILES string of the molecule is CC1C(C(F)F)CC(C)N(n2cc(C(=O)NCc3c(F)cc(F)cc3F)c(=O)c(OCc3ccccc3)c2C=O)CN1C. The summed E-state index contributed by atoms with van der Waals surface area (Å²) in [4.78, 5) is 40.9. The van der Waals surface area contributed by atoms with E-state index in [2.05, 4.69) is 5.32 Å². The number of amides is 1. The standard InChI is InChI=1S/C30H31F5N4O4/c1-17-9-21(29(34)35)18(2)37(3)16-39(17)38-13-23(30(42)36-12-22-24(32)10-20(31)11-25(22)33)27(41)28(26(38)14-40)43-15-19-7-5-4-6-8-19/h4-8,10-11,13-14,17-18,21,29H,9,12,15-16H2,1-3H3,(H,36,42). The molecule has 230 valence electrons. The van der Waals surface area contributed by atoms with Gasteiger partial charge in [-0.3, -0.25) is 29.0 Å². The van der Waals surface area contributed by atoms with E-state index in [1.807, 2.05) is 0 Å². The molecule has 43 heavy (non-hydrogen) atoms. The van der Waals surface area contributed by atoms with Crippen molar-refractivity contribution in [3.05, 3.63) is 98.7 Å². The number of carbonyl (C=O) groups is 2. The molecule has 13 heteroatoms. The van der Waals surface area contributed by atoms with E-state index in [0.717, 1.165) is 6.20 Å². The molecule has 8 nitrogen and oxygen atoms in total. The number of rotatable bonds is 9. The normalized spacial score (nSPS) is 19.3. The van der Waals surface area contributed by atoms with Gasteiger partial charge in [-0.1, -0.05) is 30.3 Å². The molecule has 1 fully saturated rings. The molecule has 2 heterocycles. The van der Waals surface area contributed by atoms with E-state index in [0.29, 0.717) is 24.0 Å². The summed E-state index contributed by atoms with van der Waals surface area (Å²) in [5.41, 5.74) is -1.74. The fraction of sp³-hybridized carbons (Fsp3) is 0.367. The fourth-order valence-electron chi connectivity index (χ4n) is 5.08. The summed E-state index contributed by atoms with van der Waals surface area (Å²) in [6.07, 6.45) is -1.14. The molecule has 0 radical (unpaired) electrons. The molecular formula is C30H31F5N4O4. The summed E-state index contributed by atoms with van der Waals surface area (Å²) in [6, 6.07) is 8.48. The smallest absolute Gasteiger partial charge is 0.257 e. The molecule has 1 N–H and O–H groups in total. The summed E-state index contributed by atoms with van der Waals surface area (Å²) in [5.74, 6) is -6.13. The summed E-state index contributed by atoms with van der Waals surface area (Å²) in [7, 11) is 1.64. The van der Waals surface area contributed by atoms with Crippen molar-refractivity contribution in [3.8, 4) is 5.75 Å². The van der Waals surface area contributed by atoms with E-state index in [1.165, 1.54) is 4.68 Å². The van der Waals surface area contributed by atoms with Crippen LogP contribution >= 0.6 is 0 Å². The predicted molar refractivity (Wildman–Crippen MR) is 148 cm³/mol. The average molecular weight is 607 g/mol. The van der Waals surface area contributed by atoms with Crippen LogP contribution < -0.4 is 20.5 Å². The molecule has 4 rings (SSSR count). The molecular weight excluding hydrogens is 575 g/mol. The third kappa shape index (κ3) is 6.87. The number of nitrogens with zero attached hydrogens (tertiary/aromatic N) is 3. The maximum atomic E-state index is 14.2. The highest BCUT2D eigenvalue weighted by atomic mass is 19.3. The van der Waals surface area contributed by atoms with Crippen LogP contribution in [0.3, 0.4) is 0 Å². The summed E-state index contributed by atoms with van der Waals surface area (Å²) in [6.45, 7) is 2.52. The van der Waals surface area contributed by atoms with Crippen LogP contribution in [0.25, 0.3) is 0 Å². The third-order valence-electron chi connectivity index (χ3n) is 7.70. The van der Waals surface area contributed by atoms with Crippen molar-refractivity contribution in [3.63, 3.8) is 0 Å². The van der Waals surface area contributed by atoms with Gasteiger partial charge < -0.3 is 10.1 Å². The first kappa shape index (κ1) is 31.7. The van der Waals surface area contributed by atoms with Crippen LogP contribution in [0.2, 0.25) is 0 Å². The number of pyridine rings is 1. The minimum atomic E-state index is -2.61. The van der Waals surface area contributed by atoms with Crippen LogP contribution in [0.4, 0.5) is 22.0 Å². The van der Waals surface area contributed by atoms with Crippen LogP contribution in [0.15, 0.2) is 53.5 Å². The average Bonchev–Trinajstić information content (AvgIpc) is 3.07. The van der Waals surface area contributed by atoms with Gasteiger partial charge in [0.1, 0.15) is 35.3 Å². The second kappa shape index (κ2) is 13.4. The van der Waals surface area contributed by atoms with Gasteiger partial charge in [0, 0.05) is 48.4 Å². The number of hydrogen-bond acceptors (Lipinski definition) is 6. The number of alkyl halides is 2. The van der Waals surface area contributed by atoms with Crippen molar-refractivity contribution in [1.29, 1.82) is 0 Å². The minimum absolute atomic E-state index is 0.0262. The lowest BCUT2D eigenvalue weighted by molar-refractivity contribution is 0.0307. The molecule has 0 aliphatic carbocycles. The lowest BCUT2D eigenvalue weighted by atomic mass is 9.94. The maximum absolute atomic E-state index is 14.2. The number of nitrogens with one attached hydrogen (secondary N) is 1. The van der Waals surface area contributed by atoms with Crippen LogP contribution in [-0.2, 0) is 13.2 Å². The van der Waals surface area contributed by atoms with Crippen LogP contribution in [-0.4, -0.2) is 54.0 Å². The Kier molecular flexibility index (Phi) is 9.84. The molecule has 3 atom stereocenters. The molecule has 1 aliphatic rings. The van der Waals surface area contributed by atoms with Gasteiger partial charge in [-0.05, 0) is 32.9 Å². The Hall–Kier alpha value is -4.26. The topological polar surface area (TPSA) is 83.9 Å². The molecule has 1 aromatic heterocycles. The van der Waals surface area contributed by atoms with Crippen molar-refractivity contribution in [2.45, 2.75) is 51.9 Å². The summed E-state index contributed by atoms with van der Waals surface area (Å²) >= 11 is 0. The number of halogens is 5. The van der Waals surface area contributed by atoms with Gasteiger partial charge in [0.05, 0.1) is 6.67 Å². The molecule has 3 unspecified atom stereocenters. The van der Waals surface area contributed by atoms with Crippen LogP contribution in [0.5, 0.6) is 5.75 Å². The number of aromatic nitrogens is 1. The lowest BCUT2D eigenvalue weighted by Crippen LogP contribution is -2.49. The van der Waals surface area contributed by atoms with Crippen molar-refractivity contribution in [2.24, 2.45) is 5.92 Å². The molecule has 2 aromatic carbocycles. The molecule has 0 bridgehead atoms. The fourth-order valence-corrected chi connectivity index (χ4v) is 5.08. The van der Waals surface area contributed by atoms with E-state index in [-0.39, 0.29) is 25.4 Å². The second-order valence-corrected chi connectivity index (χ2v) is 10.5. The Morgan fingerprint density at radius 1 is 1.12 bits per heavy atom. The number of benzene rings is 2. The van der Waals surface area contributed by atoms with Gasteiger partial charge in [0.15, 0.2) is 12.0 Å². The highest BCUT2D eigenvalue weighted by Crippen LogP contribution is 2.29. The van der Waals surface area contributed by atoms with Gasteiger partial charge in [0.25, 0.3) is 5.91 Å². The summed E-state index contributed by atoms with van der Waals surface area (Å²) in [5, 5.41) is 3.82. The Bertz CT molecular complexity index is 1510. The summed E-state index contributed by atoms with van der Waals surface area (Å²) < 4.78 is 76.6. The highest BCUT2D eigenvalue weighted by molar-refractivity contribution is 5.95. The Morgan fingerprint density at radius 3 is 2.37 bits per heavy atom. The molecule has 0 spiro atoms. The first-order chi connectivity index (χ1) is 20.4. The first-order valence-corrected chi connectivity index (χ1v) is 13.5. The number of carbonyl (C=O) groups excluding carboxylic acids is 2. The van der Waals surface area contributed by atoms with Crippen molar-refractivity contribution in [1.82, 2.24) is 14.9 Å². The van der Waals surface area contributed by atoms with Crippen molar-refractivity contribution < 1.29 is 36.3 Å². The Balaban J connectivity index is 1.78. The van der Waals surface area contributed by atoms with Gasteiger partial charge in [-0.2, -0.15) is 0 Å². The third-order valence-corrected chi connectivity index (χ3v) is 7.70. The minimum Gasteiger partial charge on any atom is -0.483 e. The van der Waals surface area contributed by atoms with Crippen LogP contribution in [0.1, 0.15) is 52.2 Å². The molecule has 1 saturated heterocycles. The Labute approximate surface area is 244 Å². The van der Waals surface area contributed by atoms with Gasteiger partial charge in [-0.25, -0.2) is 22.0 Å². The maximum Gasteiger partial charge on any atom is 0.257 e. The molecule has 1 aliphatic heterocycles. The van der Waals surface area contributed by atoms with Gasteiger partial charge in [-0.15, -0.1) is 0 Å². The van der Waals surface area contributed by atoms with Crippen molar-refractivity contribution >= 4 is 12.2 Å². The molecule has 3 aromatic rings. The van der Waals surface area contributed by atoms with Crippen molar-refractivity contribution in [2.75, 3.05) is 18.7 Å². The predicted octanol–water partition coefficient (Wildman–Crippen LogP) is 4.48. The first-order valence-electron chi connectivity index (χ1n) is 13.5. The van der Waals surface area contributed by atoms with E-state index in [4.69, 9.17) is 4.74 Å². The lowest BCUT2D eigenvalue weighted by Gasteiger charge is -2.35. The monoisotopic (exact) mass is 606 g/mol. The second-order valence-electron chi connectivity index (χ2n) is 10.5. The van der Waals surface area contributed by atoms with E-state index >= 15 is 0 Å². The van der Waals surface area contributed by atoms with Crippen LogP contribution in [0, 0.1) is 23.4 Å². The van der Waals surface area contributed by atoms with Gasteiger partial charge >= 0.3 is 0 Å². The van der Waals surface area contributed by atoms with E-state index in [9.17, 15) is 36.3 Å². The molecule has 1 amide bonds.